The molecule has 31 heavy (non-hydrogen) atoms. The minimum absolute atomic E-state index is 0.000329. The van der Waals surface area contributed by atoms with Crippen molar-refractivity contribution < 1.29 is 13.2 Å². The maximum atomic E-state index is 12.9. The molecule has 1 aliphatic carbocycles. The van der Waals surface area contributed by atoms with Crippen molar-refractivity contribution in [3.05, 3.63) is 82.6 Å². The molecule has 1 amide bonds. The van der Waals surface area contributed by atoms with Gasteiger partial charge < -0.3 is 0 Å². The predicted octanol–water partition coefficient (Wildman–Crippen LogP) is 4.60. The maximum absolute atomic E-state index is 12.9. The third-order valence-electron chi connectivity index (χ3n) is 5.04. The third-order valence-corrected chi connectivity index (χ3v) is 6.40. The van der Waals surface area contributed by atoms with Gasteiger partial charge in [-0.15, -0.1) is 0 Å². The van der Waals surface area contributed by atoms with Gasteiger partial charge in [-0.25, -0.2) is 8.42 Å². The summed E-state index contributed by atoms with van der Waals surface area (Å²) in [5, 5.41) is 0. The van der Waals surface area contributed by atoms with Crippen LogP contribution in [0.2, 0.25) is 0 Å². The summed E-state index contributed by atoms with van der Waals surface area (Å²) in [6, 6.07) is 11.4. The van der Waals surface area contributed by atoms with Crippen LogP contribution in [-0.2, 0) is 10.0 Å². The molecule has 0 bridgehead atoms. The minimum atomic E-state index is -3.83. The largest absolute Gasteiger partial charge is 0.299 e. The van der Waals surface area contributed by atoms with Crippen LogP contribution in [0, 0.1) is 19.3 Å². The summed E-state index contributed by atoms with van der Waals surface area (Å²) in [5.74, 6) is -0.418. The Labute approximate surface area is 184 Å². The first-order valence-electron chi connectivity index (χ1n) is 10.1. The van der Waals surface area contributed by atoms with E-state index in [1.807, 2.05) is 32.1 Å². The Balaban J connectivity index is 1.74. The molecule has 2 aromatic carbocycles. The molecule has 164 valence electrons. The fourth-order valence-corrected chi connectivity index (χ4v) is 4.93. The summed E-state index contributed by atoms with van der Waals surface area (Å²) < 4.78 is 28.3. The summed E-state index contributed by atoms with van der Waals surface area (Å²) in [7, 11) is -3.83. The van der Waals surface area contributed by atoms with Crippen molar-refractivity contribution in [3.8, 4) is 0 Å². The Kier molecular flexibility index (Phi) is 6.27. The van der Waals surface area contributed by atoms with E-state index < -0.39 is 15.9 Å². The van der Waals surface area contributed by atoms with E-state index in [2.05, 4.69) is 42.4 Å². The van der Waals surface area contributed by atoms with Crippen LogP contribution in [0.1, 0.15) is 48.7 Å². The summed E-state index contributed by atoms with van der Waals surface area (Å²) >= 11 is 0. The molecule has 0 saturated carbocycles. The molecule has 7 heteroatoms. The average molecular weight is 440 g/mol. The molecule has 0 heterocycles. The van der Waals surface area contributed by atoms with Crippen molar-refractivity contribution in [2.45, 2.75) is 45.9 Å². The number of carbonyl (C=O) groups is 1. The monoisotopic (exact) mass is 439 g/mol. The normalized spacial score (nSPS) is 15.5. The van der Waals surface area contributed by atoms with Crippen LogP contribution in [0.4, 0.5) is 5.69 Å². The molecule has 0 aromatic heterocycles. The summed E-state index contributed by atoms with van der Waals surface area (Å²) in [5.41, 5.74) is 10.2. The van der Waals surface area contributed by atoms with Gasteiger partial charge in [0.05, 0.1) is 16.3 Å². The molecular formula is C24H29N3O3S. The van der Waals surface area contributed by atoms with E-state index in [-0.39, 0.29) is 15.9 Å². The number of aryl methyl sites for hydroxylation is 2. The number of allylic oxidation sites excluding steroid dienone is 3. The quantitative estimate of drug-likeness (QED) is 0.574. The van der Waals surface area contributed by atoms with Crippen LogP contribution in [0.5, 0.6) is 0 Å². The molecule has 3 N–H and O–H groups in total. The van der Waals surface area contributed by atoms with Gasteiger partial charge in [0.1, 0.15) is 0 Å². The molecule has 0 saturated heterocycles. The first-order chi connectivity index (χ1) is 14.4. The third kappa shape index (κ3) is 5.76. The second-order valence-corrected chi connectivity index (χ2v) is 10.5. The first-order valence-corrected chi connectivity index (χ1v) is 11.6. The average Bonchev–Trinajstić information content (AvgIpc) is 2.67. The van der Waals surface area contributed by atoms with E-state index >= 15 is 0 Å². The number of amides is 1. The van der Waals surface area contributed by atoms with Crippen LogP contribution in [0.15, 0.2) is 70.8 Å². The molecular weight excluding hydrogens is 410 g/mol. The van der Waals surface area contributed by atoms with Gasteiger partial charge in [0.25, 0.3) is 15.9 Å². The Hall–Kier alpha value is -3.06. The molecule has 0 aliphatic heterocycles. The van der Waals surface area contributed by atoms with E-state index in [0.29, 0.717) is 5.69 Å². The lowest BCUT2D eigenvalue weighted by molar-refractivity contribution is 0.0939. The highest BCUT2D eigenvalue weighted by atomic mass is 32.2. The van der Waals surface area contributed by atoms with Crippen molar-refractivity contribution in [1.82, 2.24) is 10.9 Å². The van der Waals surface area contributed by atoms with Gasteiger partial charge in [0, 0.05) is 5.56 Å². The lowest BCUT2D eigenvalue weighted by Gasteiger charge is -2.27. The van der Waals surface area contributed by atoms with Crippen LogP contribution >= 0.6 is 0 Å². The van der Waals surface area contributed by atoms with Crippen molar-refractivity contribution >= 4 is 21.6 Å². The van der Waals surface area contributed by atoms with E-state index in [4.69, 9.17) is 0 Å². The lowest BCUT2D eigenvalue weighted by Crippen LogP contribution is -2.37. The number of hydrogen-bond donors (Lipinski definition) is 3. The molecule has 1 aliphatic rings. The van der Waals surface area contributed by atoms with Crippen LogP contribution < -0.4 is 15.6 Å². The van der Waals surface area contributed by atoms with Gasteiger partial charge in [0.2, 0.25) is 0 Å². The number of hydrogen-bond acceptors (Lipinski definition) is 4. The number of sulfonamides is 1. The SMILES string of the molecule is CC1=CC(NNC(=O)c2cccc(S(=O)(=O)Nc3ccc(C)cc3C)c2)=CC(C)(C)C1. The lowest BCUT2D eigenvalue weighted by atomic mass is 9.81. The number of anilines is 1. The number of rotatable bonds is 6. The van der Waals surface area contributed by atoms with Gasteiger partial charge >= 0.3 is 0 Å². The summed E-state index contributed by atoms with van der Waals surface area (Å²) in [6.07, 6.45) is 5.01. The molecule has 2 aromatic rings. The van der Waals surface area contributed by atoms with E-state index in [0.717, 1.165) is 23.2 Å². The van der Waals surface area contributed by atoms with Gasteiger partial charge in [-0.1, -0.05) is 49.3 Å². The summed E-state index contributed by atoms with van der Waals surface area (Å²) in [4.78, 5) is 12.6. The number of hydrazine groups is 1. The van der Waals surface area contributed by atoms with Crippen LogP contribution in [-0.4, -0.2) is 14.3 Å². The van der Waals surface area contributed by atoms with E-state index in [1.165, 1.54) is 17.7 Å². The number of nitrogens with one attached hydrogen (secondary N) is 3. The second-order valence-electron chi connectivity index (χ2n) is 8.79. The zero-order valence-corrected chi connectivity index (χ0v) is 19.4. The standard InChI is InChI=1S/C24H29N3O3S/c1-16-9-10-22(18(3)11-16)27-31(29,30)21-8-6-7-19(13-21)23(28)26-25-20-12-17(2)14-24(4,5)15-20/h6-13,15,25,27H,14H2,1-5H3,(H,26,28). The highest BCUT2D eigenvalue weighted by Gasteiger charge is 2.21. The van der Waals surface area contributed by atoms with Crippen molar-refractivity contribution in [1.29, 1.82) is 0 Å². The molecule has 6 nitrogen and oxygen atoms in total. The fraction of sp³-hybridized carbons (Fsp3) is 0.292. The molecule has 0 unspecified atom stereocenters. The minimum Gasteiger partial charge on any atom is -0.299 e. The first kappa shape index (κ1) is 22.6. The van der Waals surface area contributed by atoms with Gasteiger partial charge in [-0.3, -0.25) is 20.4 Å². The van der Waals surface area contributed by atoms with E-state index in [9.17, 15) is 13.2 Å². The van der Waals surface area contributed by atoms with Gasteiger partial charge in [0.15, 0.2) is 0 Å². The van der Waals surface area contributed by atoms with Gasteiger partial charge in [-0.2, -0.15) is 0 Å². The van der Waals surface area contributed by atoms with Crippen LogP contribution in [0.25, 0.3) is 0 Å². The Morgan fingerprint density at radius 3 is 2.45 bits per heavy atom. The summed E-state index contributed by atoms with van der Waals surface area (Å²) in [6.45, 7) is 10.1. The highest BCUT2D eigenvalue weighted by Crippen LogP contribution is 2.31. The van der Waals surface area contributed by atoms with Crippen molar-refractivity contribution in [3.63, 3.8) is 0 Å². The molecule has 0 atom stereocenters. The predicted molar refractivity (Wildman–Crippen MR) is 124 cm³/mol. The Morgan fingerprint density at radius 1 is 1.03 bits per heavy atom. The van der Waals surface area contributed by atoms with Crippen LogP contribution in [0.3, 0.4) is 0 Å². The molecule has 0 spiro atoms. The smallest absolute Gasteiger partial charge is 0.269 e. The Morgan fingerprint density at radius 2 is 1.77 bits per heavy atom. The van der Waals surface area contributed by atoms with Crippen molar-refractivity contribution in [2.75, 3.05) is 4.72 Å². The zero-order valence-electron chi connectivity index (χ0n) is 18.5. The fourth-order valence-electron chi connectivity index (χ4n) is 3.76. The molecule has 3 rings (SSSR count). The van der Waals surface area contributed by atoms with E-state index in [1.54, 1.807) is 18.2 Å². The second kappa shape index (κ2) is 8.59. The topological polar surface area (TPSA) is 87.3 Å². The number of benzene rings is 2. The molecule has 0 radical (unpaired) electrons. The highest BCUT2D eigenvalue weighted by molar-refractivity contribution is 7.92. The maximum Gasteiger partial charge on any atom is 0.269 e. The van der Waals surface area contributed by atoms with Crippen molar-refractivity contribution in [2.24, 2.45) is 5.41 Å². The zero-order chi connectivity index (χ0) is 22.8. The van der Waals surface area contributed by atoms with Gasteiger partial charge in [-0.05, 0) is 68.5 Å². The Bertz CT molecular complexity index is 1180. The number of carbonyl (C=O) groups excluding carboxylic acids is 1. The molecule has 0 fully saturated rings.